The zero-order chi connectivity index (χ0) is 29.0. The summed E-state index contributed by atoms with van der Waals surface area (Å²) in [5.41, 5.74) is 2.12. The number of nitrogens with zero attached hydrogens (tertiary/aromatic N) is 4. The highest BCUT2D eigenvalue weighted by molar-refractivity contribution is 7.92. The molecule has 0 N–H and O–H groups in total. The van der Waals surface area contributed by atoms with E-state index >= 15 is 0 Å². The van der Waals surface area contributed by atoms with E-state index in [1.807, 2.05) is 18.2 Å². The molecule has 9 nitrogen and oxygen atoms in total. The number of aromatic nitrogens is 2. The van der Waals surface area contributed by atoms with Crippen LogP contribution in [0.5, 0.6) is 11.5 Å². The molecule has 11 heteroatoms. The number of carbonyl (C=O) groups excluding carboxylic acids is 1. The molecule has 0 aliphatic carbocycles. The van der Waals surface area contributed by atoms with Crippen molar-refractivity contribution >= 4 is 48.3 Å². The third kappa shape index (κ3) is 5.59. The van der Waals surface area contributed by atoms with Gasteiger partial charge in [-0.1, -0.05) is 35.6 Å². The normalized spacial score (nSPS) is 11.3. The third-order valence-corrected chi connectivity index (χ3v) is 9.45. The van der Waals surface area contributed by atoms with Gasteiger partial charge >= 0.3 is 0 Å². The SMILES string of the molecule is CCN(c1ccccc1)S(=O)(=O)c1ccc(C(=O)N(Cc2ccccn2)c2nc3c(OC)ccc(OC)c3s2)cc1. The quantitative estimate of drug-likeness (QED) is 0.204. The molecule has 0 radical (unpaired) electrons. The fourth-order valence-corrected chi connectivity index (χ4v) is 6.95. The molecule has 2 aromatic heterocycles. The van der Waals surface area contributed by atoms with E-state index in [2.05, 4.69) is 4.98 Å². The number of methoxy groups -OCH3 is 2. The topological polar surface area (TPSA) is 102 Å². The largest absolute Gasteiger partial charge is 0.495 e. The number of fused-ring (bicyclic) bond motifs is 1. The second-order valence-corrected chi connectivity index (χ2v) is 11.7. The van der Waals surface area contributed by atoms with Crippen LogP contribution < -0.4 is 18.7 Å². The number of anilines is 2. The summed E-state index contributed by atoms with van der Waals surface area (Å²) < 4.78 is 40.0. The van der Waals surface area contributed by atoms with Crippen molar-refractivity contribution in [3.8, 4) is 11.5 Å². The maximum atomic E-state index is 14.0. The first kappa shape index (κ1) is 28.1. The van der Waals surface area contributed by atoms with Gasteiger partial charge in [0.1, 0.15) is 21.7 Å². The van der Waals surface area contributed by atoms with E-state index in [-0.39, 0.29) is 23.9 Å². The maximum absolute atomic E-state index is 14.0. The molecular weight excluding hydrogens is 560 g/mol. The monoisotopic (exact) mass is 588 g/mol. The second-order valence-electron chi connectivity index (χ2n) is 8.89. The molecule has 210 valence electrons. The van der Waals surface area contributed by atoms with Crippen molar-refractivity contribution in [1.29, 1.82) is 0 Å². The Morgan fingerprint density at radius 3 is 2.20 bits per heavy atom. The van der Waals surface area contributed by atoms with Crippen LogP contribution in [0.4, 0.5) is 10.8 Å². The van der Waals surface area contributed by atoms with Crippen LogP contribution in [0.3, 0.4) is 0 Å². The molecule has 0 atom stereocenters. The van der Waals surface area contributed by atoms with Gasteiger partial charge in [-0.3, -0.25) is 19.0 Å². The van der Waals surface area contributed by atoms with Crippen LogP contribution in [0.1, 0.15) is 23.0 Å². The lowest BCUT2D eigenvalue weighted by Crippen LogP contribution is -2.32. The molecular formula is C30H28N4O5S2. The lowest BCUT2D eigenvalue weighted by molar-refractivity contribution is 0.0984. The maximum Gasteiger partial charge on any atom is 0.264 e. The number of sulfonamides is 1. The fraction of sp³-hybridized carbons (Fsp3) is 0.167. The predicted octanol–water partition coefficient (Wildman–Crippen LogP) is 5.77. The first-order valence-electron chi connectivity index (χ1n) is 12.8. The van der Waals surface area contributed by atoms with Crippen LogP contribution in [-0.4, -0.2) is 45.1 Å². The minimum absolute atomic E-state index is 0.0884. The molecule has 0 aliphatic heterocycles. The van der Waals surface area contributed by atoms with Crippen molar-refractivity contribution in [3.05, 3.63) is 102 Å². The zero-order valence-corrected chi connectivity index (χ0v) is 24.4. The highest BCUT2D eigenvalue weighted by atomic mass is 32.2. The summed E-state index contributed by atoms with van der Waals surface area (Å²) in [7, 11) is -0.706. The van der Waals surface area contributed by atoms with Crippen LogP contribution in [0.15, 0.2) is 96.0 Å². The van der Waals surface area contributed by atoms with Crippen molar-refractivity contribution in [3.63, 3.8) is 0 Å². The third-order valence-electron chi connectivity index (χ3n) is 6.44. The number of thiazole rings is 1. The Bertz CT molecular complexity index is 1720. The fourth-order valence-electron chi connectivity index (χ4n) is 4.41. The van der Waals surface area contributed by atoms with Gasteiger partial charge < -0.3 is 9.47 Å². The Balaban J connectivity index is 1.52. The summed E-state index contributed by atoms with van der Waals surface area (Å²) in [6.45, 7) is 2.19. The van der Waals surface area contributed by atoms with Gasteiger partial charge in [0.2, 0.25) is 0 Å². The van der Waals surface area contributed by atoms with Crippen LogP contribution in [0, 0.1) is 0 Å². The minimum atomic E-state index is -3.84. The first-order chi connectivity index (χ1) is 19.9. The van der Waals surface area contributed by atoms with Crippen molar-refractivity contribution < 1.29 is 22.7 Å². The van der Waals surface area contributed by atoms with Crippen molar-refractivity contribution in [2.24, 2.45) is 0 Å². The lowest BCUT2D eigenvalue weighted by atomic mass is 10.2. The molecule has 3 aromatic carbocycles. The molecule has 5 aromatic rings. The number of carbonyl (C=O) groups is 1. The van der Waals surface area contributed by atoms with Crippen molar-refractivity contribution in [1.82, 2.24) is 9.97 Å². The second kappa shape index (κ2) is 11.9. The summed E-state index contributed by atoms with van der Waals surface area (Å²) in [6, 6.07) is 23.9. The van der Waals surface area contributed by atoms with Crippen molar-refractivity contribution in [2.75, 3.05) is 30.0 Å². The number of pyridine rings is 1. The highest BCUT2D eigenvalue weighted by Gasteiger charge is 2.27. The van der Waals surface area contributed by atoms with Gasteiger partial charge in [0.05, 0.1) is 37.0 Å². The van der Waals surface area contributed by atoms with Gasteiger partial charge in [-0.2, -0.15) is 0 Å². The molecule has 0 fully saturated rings. The van der Waals surface area contributed by atoms with E-state index in [1.165, 1.54) is 44.8 Å². The first-order valence-corrected chi connectivity index (χ1v) is 15.0. The molecule has 0 aliphatic rings. The van der Waals surface area contributed by atoms with E-state index in [0.29, 0.717) is 39.1 Å². The van der Waals surface area contributed by atoms with Crippen LogP contribution in [-0.2, 0) is 16.6 Å². The Morgan fingerprint density at radius 2 is 1.56 bits per heavy atom. The van der Waals surface area contributed by atoms with E-state index < -0.39 is 10.0 Å². The van der Waals surface area contributed by atoms with Crippen LogP contribution >= 0.6 is 11.3 Å². The summed E-state index contributed by atoms with van der Waals surface area (Å²) in [4.78, 5) is 24.7. The predicted molar refractivity (Wildman–Crippen MR) is 161 cm³/mol. The number of para-hydroxylation sites is 1. The smallest absolute Gasteiger partial charge is 0.264 e. The summed E-state index contributed by atoms with van der Waals surface area (Å²) in [6.07, 6.45) is 1.66. The molecule has 5 rings (SSSR count). The Morgan fingerprint density at radius 1 is 0.878 bits per heavy atom. The summed E-state index contributed by atoms with van der Waals surface area (Å²) >= 11 is 1.30. The van der Waals surface area contributed by atoms with E-state index in [1.54, 1.807) is 69.8 Å². The molecule has 0 saturated heterocycles. The Labute approximate surface area is 242 Å². The number of benzene rings is 3. The van der Waals surface area contributed by atoms with Gasteiger partial charge in [-0.25, -0.2) is 13.4 Å². The standard InChI is InChI=1S/C30H28N4O5S2/c1-4-34(23-11-6-5-7-12-23)41(36,37)24-15-13-21(14-16-24)29(35)33(20-22-10-8-9-19-31-22)30-32-27-25(38-2)17-18-26(39-3)28(27)40-30/h5-19H,4,20H2,1-3H3. The van der Waals surface area contributed by atoms with E-state index in [9.17, 15) is 13.2 Å². The summed E-state index contributed by atoms with van der Waals surface area (Å²) in [5, 5.41) is 0.427. The Kier molecular flexibility index (Phi) is 8.18. The number of amides is 1. The van der Waals surface area contributed by atoms with Crippen LogP contribution in [0.2, 0.25) is 0 Å². The summed E-state index contributed by atoms with van der Waals surface area (Å²) in [5.74, 6) is 0.817. The number of hydrogen-bond donors (Lipinski definition) is 0. The van der Waals surface area contributed by atoms with E-state index in [0.717, 1.165) is 4.70 Å². The lowest BCUT2D eigenvalue weighted by Gasteiger charge is -2.23. The van der Waals surface area contributed by atoms with Gasteiger partial charge in [0, 0.05) is 18.3 Å². The molecule has 0 bridgehead atoms. The number of rotatable bonds is 10. The molecule has 2 heterocycles. The molecule has 41 heavy (non-hydrogen) atoms. The molecule has 0 spiro atoms. The van der Waals surface area contributed by atoms with Gasteiger partial charge in [0.25, 0.3) is 15.9 Å². The van der Waals surface area contributed by atoms with E-state index in [4.69, 9.17) is 14.5 Å². The average Bonchev–Trinajstić information content (AvgIpc) is 3.46. The number of ether oxygens (including phenoxy) is 2. The van der Waals surface area contributed by atoms with Crippen molar-refractivity contribution in [2.45, 2.75) is 18.4 Å². The molecule has 0 unspecified atom stereocenters. The Hall–Kier alpha value is -4.48. The highest BCUT2D eigenvalue weighted by Crippen LogP contribution is 2.40. The minimum Gasteiger partial charge on any atom is -0.495 e. The molecule has 0 saturated carbocycles. The zero-order valence-electron chi connectivity index (χ0n) is 22.7. The van der Waals surface area contributed by atoms with Gasteiger partial charge in [-0.15, -0.1) is 0 Å². The number of hydrogen-bond acceptors (Lipinski definition) is 8. The van der Waals surface area contributed by atoms with Gasteiger partial charge in [0.15, 0.2) is 5.13 Å². The van der Waals surface area contributed by atoms with Gasteiger partial charge in [-0.05, 0) is 67.6 Å². The molecule has 1 amide bonds. The van der Waals surface area contributed by atoms with Crippen LogP contribution in [0.25, 0.3) is 10.2 Å². The average molecular weight is 589 g/mol.